The molecule has 0 saturated heterocycles. The molecule has 0 radical (unpaired) electrons. The number of hydrogen-bond acceptors (Lipinski definition) is 2. The van der Waals surface area contributed by atoms with Crippen molar-refractivity contribution in [2.24, 2.45) is 5.92 Å². The summed E-state index contributed by atoms with van der Waals surface area (Å²) in [5, 5.41) is 3.28. The third kappa shape index (κ3) is 3.57. The van der Waals surface area contributed by atoms with Gasteiger partial charge in [0, 0.05) is 25.0 Å². The van der Waals surface area contributed by atoms with Crippen LogP contribution < -0.4 is 5.32 Å². The molecule has 0 amide bonds. The highest BCUT2D eigenvalue weighted by atomic mass is 15.2. The van der Waals surface area contributed by atoms with E-state index < -0.39 is 0 Å². The van der Waals surface area contributed by atoms with Crippen LogP contribution >= 0.6 is 0 Å². The summed E-state index contributed by atoms with van der Waals surface area (Å²) in [5.41, 5.74) is 0. The molecule has 0 aromatic carbocycles. The highest BCUT2D eigenvalue weighted by Gasteiger charge is 2.09. The van der Waals surface area contributed by atoms with E-state index in [1.165, 1.54) is 12.8 Å². The van der Waals surface area contributed by atoms with E-state index in [2.05, 4.69) is 48.8 Å². The predicted octanol–water partition coefficient (Wildman–Crippen LogP) is 3.31. The Bertz CT molecular complexity index is 278. The fourth-order valence-electron chi connectivity index (χ4n) is 1.68. The summed E-state index contributed by atoms with van der Waals surface area (Å²) in [6, 6.07) is 0.531. The maximum absolute atomic E-state index is 4.31. The second kappa shape index (κ2) is 5.79. The number of hydrogen-bond donors (Lipinski definition) is 1. The monoisotopic (exact) mass is 209 g/mol. The zero-order chi connectivity index (χ0) is 11.3. The normalized spacial score (nSPS) is 13.1. The van der Waals surface area contributed by atoms with Crippen molar-refractivity contribution in [3.05, 3.63) is 12.4 Å². The van der Waals surface area contributed by atoms with Crippen LogP contribution in [0.4, 0.5) is 5.95 Å². The van der Waals surface area contributed by atoms with Gasteiger partial charge in [-0.2, -0.15) is 0 Å². The average Bonchev–Trinajstić information content (AvgIpc) is 2.63. The van der Waals surface area contributed by atoms with Crippen LogP contribution in [0.2, 0.25) is 0 Å². The van der Waals surface area contributed by atoms with Crippen molar-refractivity contribution in [2.45, 2.75) is 46.6 Å². The smallest absolute Gasteiger partial charge is 0.203 e. The highest BCUT2D eigenvalue weighted by Crippen LogP contribution is 2.20. The molecule has 3 nitrogen and oxygen atoms in total. The molecule has 0 aliphatic carbocycles. The van der Waals surface area contributed by atoms with Crippen LogP contribution in [0.3, 0.4) is 0 Å². The van der Waals surface area contributed by atoms with Crippen LogP contribution in [-0.2, 0) is 0 Å². The lowest BCUT2D eigenvalue weighted by Crippen LogP contribution is -2.11. The van der Waals surface area contributed by atoms with Crippen molar-refractivity contribution in [3.63, 3.8) is 0 Å². The summed E-state index contributed by atoms with van der Waals surface area (Å²) in [5.74, 6) is 1.77. The van der Waals surface area contributed by atoms with Gasteiger partial charge in [0.25, 0.3) is 0 Å². The quantitative estimate of drug-likeness (QED) is 0.779. The molecule has 1 aromatic rings. The predicted molar refractivity (Wildman–Crippen MR) is 65.2 cm³/mol. The molecule has 0 bridgehead atoms. The molecular weight excluding hydrogens is 186 g/mol. The molecule has 1 aromatic heterocycles. The molecule has 0 saturated carbocycles. The van der Waals surface area contributed by atoms with Crippen LogP contribution in [-0.4, -0.2) is 16.1 Å². The van der Waals surface area contributed by atoms with Gasteiger partial charge in [-0.25, -0.2) is 4.98 Å². The standard InChI is InChI=1S/C12H23N3/c1-5-13-12-14-8-9-15(12)11(4)7-6-10(2)3/h8-11H,5-7H2,1-4H3,(H,13,14). The van der Waals surface area contributed by atoms with Crippen molar-refractivity contribution in [1.29, 1.82) is 0 Å². The fourth-order valence-corrected chi connectivity index (χ4v) is 1.68. The molecule has 0 fully saturated rings. The van der Waals surface area contributed by atoms with Gasteiger partial charge in [-0.1, -0.05) is 13.8 Å². The third-order valence-corrected chi connectivity index (χ3v) is 2.64. The Hall–Kier alpha value is -0.990. The van der Waals surface area contributed by atoms with Crippen LogP contribution in [0.5, 0.6) is 0 Å². The van der Waals surface area contributed by atoms with E-state index in [1.807, 2.05) is 6.20 Å². The van der Waals surface area contributed by atoms with Crippen LogP contribution in [0.25, 0.3) is 0 Å². The third-order valence-electron chi connectivity index (χ3n) is 2.64. The number of imidazole rings is 1. The summed E-state index contributed by atoms with van der Waals surface area (Å²) < 4.78 is 2.23. The Morgan fingerprint density at radius 3 is 2.67 bits per heavy atom. The van der Waals surface area contributed by atoms with E-state index in [4.69, 9.17) is 0 Å². The molecule has 1 heterocycles. The van der Waals surface area contributed by atoms with Crippen molar-refractivity contribution in [2.75, 3.05) is 11.9 Å². The Labute approximate surface area is 92.9 Å². The molecule has 0 aliphatic rings. The lowest BCUT2D eigenvalue weighted by Gasteiger charge is -2.17. The van der Waals surface area contributed by atoms with E-state index in [-0.39, 0.29) is 0 Å². The van der Waals surface area contributed by atoms with Gasteiger partial charge >= 0.3 is 0 Å². The van der Waals surface area contributed by atoms with Crippen molar-refractivity contribution in [3.8, 4) is 0 Å². The lowest BCUT2D eigenvalue weighted by atomic mass is 10.0. The van der Waals surface area contributed by atoms with Crippen LogP contribution in [0, 0.1) is 5.92 Å². The molecule has 1 atom stereocenters. The molecule has 1 N–H and O–H groups in total. The van der Waals surface area contributed by atoms with E-state index in [0.29, 0.717) is 6.04 Å². The molecule has 1 rings (SSSR count). The molecule has 0 spiro atoms. The second-order valence-electron chi connectivity index (χ2n) is 4.51. The minimum absolute atomic E-state index is 0.531. The first-order valence-electron chi connectivity index (χ1n) is 5.91. The Morgan fingerprint density at radius 1 is 1.33 bits per heavy atom. The Kier molecular flexibility index (Phi) is 4.66. The van der Waals surface area contributed by atoms with Gasteiger partial charge in [0.15, 0.2) is 0 Å². The van der Waals surface area contributed by atoms with Crippen molar-refractivity contribution >= 4 is 5.95 Å². The maximum atomic E-state index is 4.31. The van der Waals surface area contributed by atoms with E-state index in [9.17, 15) is 0 Å². The van der Waals surface area contributed by atoms with Gasteiger partial charge in [0.05, 0.1) is 0 Å². The first-order chi connectivity index (χ1) is 7.15. The number of rotatable bonds is 6. The molecule has 1 unspecified atom stereocenters. The number of nitrogens with one attached hydrogen (secondary N) is 1. The minimum atomic E-state index is 0.531. The van der Waals surface area contributed by atoms with E-state index >= 15 is 0 Å². The number of aromatic nitrogens is 2. The lowest BCUT2D eigenvalue weighted by molar-refractivity contribution is 0.442. The van der Waals surface area contributed by atoms with Gasteiger partial charge in [-0.3, -0.25) is 0 Å². The molecule has 86 valence electrons. The SMILES string of the molecule is CCNc1nccn1C(C)CCC(C)C. The van der Waals surface area contributed by atoms with Gasteiger partial charge in [0.2, 0.25) is 5.95 Å². The molecule has 15 heavy (non-hydrogen) atoms. The first kappa shape index (κ1) is 12.1. The van der Waals surface area contributed by atoms with Crippen molar-refractivity contribution in [1.82, 2.24) is 9.55 Å². The average molecular weight is 209 g/mol. The summed E-state index contributed by atoms with van der Waals surface area (Å²) >= 11 is 0. The summed E-state index contributed by atoms with van der Waals surface area (Å²) in [6.45, 7) is 9.81. The summed E-state index contributed by atoms with van der Waals surface area (Å²) in [6.07, 6.45) is 6.41. The van der Waals surface area contributed by atoms with Gasteiger partial charge in [-0.15, -0.1) is 0 Å². The van der Waals surface area contributed by atoms with E-state index in [0.717, 1.165) is 18.4 Å². The van der Waals surface area contributed by atoms with Gasteiger partial charge in [-0.05, 0) is 32.6 Å². The molecular formula is C12H23N3. The number of anilines is 1. The van der Waals surface area contributed by atoms with Crippen molar-refractivity contribution < 1.29 is 0 Å². The fraction of sp³-hybridized carbons (Fsp3) is 0.750. The van der Waals surface area contributed by atoms with Gasteiger partial charge in [0.1, 0.15) is 0 Å². The number of nitrogens with zero attached hydrogens (tertiary/aromatic N) is 2. The zero-order valence-corrected chi connectivity index (χ0v) is 10.3. The summed E-state index contributed by atoms with van der Waals surface area (Å²) in [7, 11) is 0. The Morgan fingerprint density at radius 2 is 2.07 bits per heavy atom. The van der Waals surface area contributed by atoms with Gasteiger partial charge < -0.3 is 9.88 Å². The molecule has 3 heteroatoms. The topological polar surface area (TPSA) is 29.9 Å². The van der Waals surface area contributed by atoms with E-state index in [1.54, 1.807) is 0 Å². The highest BCUT2D eigenvalue weighted by molar-refractivity contribution is 5.26. The maximum Gasteiger partial charge on any atom is 0.203 e. The second-order valence-corrected chi connectivity index (χ2v) is 4.51. The van der Waals surface area contributed by atoms with Crippen LogP contribution in [0.1, 0.15) is 46.6 Å². The minimum Gasteiger partial charge on any atom is -0.356 e. The first-order valence-corrected chi connectivity index (χ1v) is 5.91. The summed E-state index contributed by atoms with van der Waals surface area (Å²) in [4.78, 5) is 4.31. The van der Waals surface area contributed by atoms with Crippen LogP contribution in [0.15, 0.2) is 12.4 Å². The Balaban J connectivity index is 2.56. The zero-order valence-electron chi connectivity index (χ0n) is 10.3. The largest absolute Gasteiger partial charge is 0.356 e. The molecule has 0 aliphatic heterocycles.